The molecule has 0 aliphatic carbocycles. The monoisotopic (exact) mass is 281 g/mol. The summed E-state index contributed by atoms with van der Waals surface area (Å²) < 4.78 is 0. The van der Waals surface area contributed by atoms with Crippen LogP contribution in [0.2, 0.25) is 0 Å². The van der Waals surface area contributed by atoms with Gasteiger partial charge < -0.3 is 5.32 Å². The zero-order chi connectivity index (χ0) is 15.1. The maximum absolute atomic E-state index is 10.6. The summed E-state index contributed by atoms with van der Waals surface area (Å²) in [6, 6.07) is 16.4. The molecule has 5 heteroatoms. The number of anilines is 1. The molecule has 2 aromatic carbocycles. The fraction of sp³-hybridized carbons (Fsp3) is 0.188. The molecule has 2 aromatic rings. The molecule has 0 heterocycles. The van der Waals surface area contributed by atoms with Crippen LogP contribution in [-0.4, -0.2) is 11.5 Å². The van der Waals surface area contributed by atoms with Crippen LogP contribution in [0.4, 0.5) is 11.4 Å². The minimum absolute atomic E-state index is 0.111. The van der Waals surface area contributed by atoms with Crippen molar-refractivity contribution in [3.8, 4) is 6.07 Å². The summed E-state index contributed by atoms with van der Waals surface area (Å²) in [5, 5.41) is 22.4. The number of nitrogens with one attached hydrogen (secondary N) is 1. The second-order valence-electron chi connectivity index (χ2n) is 4.63. The van der Waals surface area contributed by atoms with Gasteiger partial charge in [0.2, 0.25) is 0 Å². The molecule has 0 bridgehead atoms. The molecule has 5 nitrogen and oxygen atoms in total. The molecule has 106 valence electrons. The van der Waals surface area contributed by atoms with E-state index >= 15 is 0 Å². The predicted octanol–water partition coefficient (Wildman–Crippen LogP) is 3.32. The Kier molecular flexibility index (Phi) is 4.89. The summed E-state index contributed by atoms with van der Waals surface area (Å²) in [6.45, 7) is 0.745. The van der Waals surface area contributed by atoms with Gasteiger partial charge in [0, 0.05) is 24.4 Å². The van der Waals surface area contributed by atoms with Gasteiger partial charge in [0.1, 0.15) is 0 Å². The number of nitro groups is 1. The van der Waals surface area contributed by atoms with Gasteiger partial charge in [0.05, 0.1) is 17.4 Å². The normalized spacial score (nSPS) is 9.86. The molecule has 0 atom stereocenters. The lowest BCUT2D eigenvalue weighted by atomic mass is 10.1. The van der Waals surface area contributed by atoms with Crippen molar-refractivity contribution in [3.63, 3.8) is 0 Å². The first-order valence-electron chi connectivity index (χ1n) is 6.62. The van der Waals surface area contributed by atoms with Crippen LogP contribution in [0.5, 0.6) is 0 Å². The molecule has 0 unspecified atom stereocenters. The fourth-order valence-electron chi connectivity index (χ4n) is 1.97. The first-order chi connectivity index (χ1) is 10.2. The van der Waals surface area contributed by atoms with Crippen LogP contribution in [-0.2, 0) is 12.8 Å². The topological polar surface area (TPSA) is 79.0 Å². The average molecular weight is 281 g/mol. The maximum Gasteiger partial charge on any atom is 0.269 e. The van der Waals surface area contributed by atoms with Gasteiger partial charge in [-0.3, -0.25) is 10.1 Å². The highest BCUT2D eigenvalue weighted by Gasteiger charge is 2.03. The van der Waals surface area contributed by atoms with Crippen molar-refractivity contribution < 1.29 is 4.92 Å². The molecule has 0 radical (unpaired) electrons. The molecule has 0 fully saturated rings. The van der Waals surface area contributed by atoms with Crippen molar-refractivity contribution >= 4 is 11.4 Å². The number of hydrogen-bond acceptors (Lipinski definition) is 4. The highest BCUT2D eigenvalue weighted by molar-refractivity contribution is 5.45. The molecule has 0 aromatic heterocycles. The van der Waals surface area contributed by atoms with Gasteiger partial charge in [0.25, 0.3) is 5.69 Å². The highest BCUT2D eigenvalue weighted by atomic mass is 16.6. The van der Waals surface area contributed by atoms with E-state index in [4.69, 9.17) is 5.26 Å². The standard InChI is InChI=1S/C16H15N3O2/c17-11-9-13-1-5-15(6-2-13)18-12-10-14-3-7-16(8-4-14)19(20)21/h1-8,18H,9-10,12H2. The Morgan fingerprint density at radius 3 is 2.24 bits per heavy atom. The average Bonchev–Trinajstić information content (AvgIpc) is 2.50. The third-order valence-corrected chi connectivity index (χ3v) is 3.13. The molecule has 0 saturated carbocycles. The number of non-ortho nitro benzene ring substituents is 1. The molecule has 21 heavy (non-hydrogen) atoms. The molecule has 0 aliphatic rings. The van der Waals surface area contributed by atoms with Crippen molar-refractivity contribution in [2.45, 2.75) is 12.8 Å². The number of hydrogen-bond donors (Lipinski definition) is 1. The lowest BCUT2D eigenvalue weighted by Crippen LogP contribution is -2.04. The summed E-state index contributed by atoms with van der Waals surface area (Å²) in [5.74, 6) is 0. The van der Waals surface area contributed by atoms with Crippen LogP contribution in [0.15, 0.2) is 48.5 Å². The molecule has 0 spiro atoms. The first-order valence-corrected chi connectivity index (χ1v) is 6.62. The minimum atomic E-state index is -0.398. The molecule has 0 aliphatic heterocycles. The van der Waals surface area contributed by atoms with Crippen molar-refractivity contribution in [2.75, 3.05) is 11.9 Å². The van der Waals surface area contributed by atoms with E-state index in [-0.39, 0.29) is 5.69 Å². The Morgan fingerprint density at radius 1 is 1.05 bits per heavy atom. The van der Waals surface area contributed by atoms with Gasteiger partial charge in [-0.2, -0.15) is 5.26 Å². The van der Waals surface area contributed by atoms with Gasteiger partial charge >= 0.3 is 0 Å². The lowest BCUT2D eigenvalue weighted by molar-refractivity contribution is -0.384. The van der Waals surface area contributed by atoms with Crippen LogP contribution in [0, 0.1) is 21.4 Å². The number of nitrogens with zero attached hydrogens (tertiary/aromatic N) is 2. The minimum Gasteiger partial charge on any atom is -0.385 e. The van der Waals surface area contributed by atoms with Gasteiger partial charge in [-0.1, -0.05) is 24.3 Å². The van der Waals surface area contributed by atoms with E-state index in [1.807, 2.05) is 24.3 Å². The van der Waals surface area contributed by atoms with E-state index in [9.17, 15) is 10.1 Å². The van der Waals surface area contributed by atoms with Crippen molar-refractivity contribution in [1.29, 1.82) is 5.26 Å². The summed E-state index contributed by atoms with van der Waals surface area (Å²) in [7, 11) is 0. The van der Waals surface area contributed by atoms with E-state index in [0.717, 1.165) is 29.8 Å². The summed E-state index contributed by atoms with van der Waals surface area (Å²) in [5.41, 5.74) is 3.16. The number of nitriles is 1. The van der Waals surface area contributed by atoms with Crippen LogP contribution in [0.3, 0.4) is 0 Å². The van der Waals surface area contributed by atoms with E-state index in [1.54, 1.807) is 12.1 Å². The smallest absolute Gasteiger partial charge is 0.269 e. The van der Waals surface area contributed by atoms with Crippen LogP contribution in [0.1, 0.15) is 11.1 Å². The van der Waals surface area contributed by atoms with E-state index < -0.39 is 4.92 Å². The lowest BCUT2D eigenvalue weighted by Gasteiger charge is -2.07. The van der Waals surface area contributed by atoms with E-state index in [2.05, 4.69) is 11.4 Å². The molecule has 0 amide bonds. The highest BCUT2D eigenvalue weighted by Crippen LogP contribution is 2.13. The van der Waals surface area contributed by atoms with Gasteiger partial charge in [0.15, 0.2) is 0 Å². The predicted molar refractivity (Wildman–Crippen MR) is 81.0 cm³/mol. The Bertz CT molecular complexity index is 643. The SMILES string of the molecule is N#CCc1ccc(NCCc2ccc([N+](=O)[O-])cc2)cc1. The van der Waals surface area contributed by atoms with Crippen molar-refractivity contribution in [1.82, 2.24) is 0 Å². The summed E-state index contributed by atoms with van der Waals surface area (Å²) >= 11 is 0. The Balaban J connectivity index is 1.83. The van der Waals surface area contributed by atoms with Crippen LogP contribution in [0.25, 0.3) is 0 Å². The Labute approximate surface area is 123 Å². The second-order valence-corrected chi connectivity index (χ2v) is 4.63. The first kappa shape index (κ1) is 14.5. The van der Waals surface area contributed by atoms with Gasteiger partial charge in [-0.25, -0.2) is 0 Å². The largest absolute Gasteiger partial charge is 0.385 e. The van der Waals surface area contributed by atoms with E-state index in [0.29, 0.717) is 6.42 Å². The van der Waals surface area contributed by atoms with E-state index in [1.165, 1.54) is 12.1 Å². The third-order valence-electron chi connectivity index (χ3n) is 3.13. The summed E-state index contributed by atoms with van der Waals surface area (Å²) in [6.07, 6.45) is 1.21. The van der Waals surface area contributed by atoms with Crippen molar-refractivity contribution in [2.24, 2.45) is 0 Å². The second kappa shape index (κ2) is 7.06. The number of nitro benzene ring substituents is 1. The zero-order valence-electron chi connectivity index (χ0n) is 11.5. The van der Waals surface area contributed by atoms with Crippen molar-refractivity contribution in [3.05, 3.63) is 69.8 Å². The quantitative estimate of drug-likeness (QED) is 0.650. The molecule has 0 saturated heterocycles. The third kappa shape index (κ3) is 4.32. The van der Waals surface area contributed by atoms with Crippen LogP contribution >= 0.6 is 0 Å². The number of rotatable bonds is 6. The molecule has 2 rings (SSSR count). The molecule has 1 N–H and O–H groups in total. The zero-order valence-corrected chi connectivity index (χ0v) is 11.5. The van der Waals surface area contributed by atoms with Gasteiger partial charge in [-0.15, -0.1) is 0 Å². The summed E-state index contributed by atoms with van der Waals surface area (Å²) in [4.78, 5) is 10.2. The molecular weight excluding hydrogens is 266 g/mol. The van der Waals surface area contributed by atoms with Crippen LogP contribution < -0.4 is 5.32 Å². The Hall–Kier alpha value is -2.87. The Morgan fingerprint density at radius 2 is 1.67 bits per heavy atom. The molecular formula is C16H15N3O2. The van der Waals surface area contributed by atoms with Gasteiger partial charge in [-0.05, 0) is 29.7 Å². The maximum atomic E-state index is 10.6. The number of benzene rings is 2. The fourth-order valence-corrected chi connectivity index (χ4v) is 1.97.